The van der Waals surface area contributed by atoms with Crippen molar-refractivity contribution in [2.45, 2.75) is 13.2 Å². The molecule has 0 bridgehead atoms. The van der Waals surface area contributed by atoms with E-state index in [1.165, 1.54) is 6.07 Å². The lowest BCUT2D eigenvalue weighted by Crippen LogP contribution is -2.51. The van der Waals surface area contributed by atoms with Crippen molar-refractivity contribution in [1.29, 1.82) is 0 Å². The van der Waals surface area contributed by atoms with Crippen LogP contribution < -0.4 is 4.74 Å². The van der Waals surface area contributed by atoms with E-state index in [9.17, 15) is 13.6 Å². The van der Waals surface area contributed by atoms with Gasteiger partial charge in [-0.2, -0.15) is 13.8 Å². The van der Waals surface area contributed by atoms with Crippen molar-refractivity contribution in [3.63, 3.8) is 0 Å². The van der Waals surface area contributed by atoms with E-state index >= 15 is 0 Å². The second kappa shape index (κ2) is 8.30. The van der Waals surface area contributed by atoms with Gasteiger partial charge in [0.1, 0.15) is 5.75 Å². The second-order valence-electron chi connectivity index (χ2n) is 6.33. The molecule has 2 amide bonds. The number of benzene rings is 1. The molecule has 1 aliphatic rings. The van der Waals surface area contributed by atoms with Gasteiger partial charge >= 0.3 is 12.6 Å². The van der Waals surface area contributed by atoms with Gasteiger partial charge < -0.3 is 19.1 Å². The fraction of sp³-hybridized carbons (Fsp3) is 0.471. The molecule has 2 aromatic rings. The molecule has 0 spiro atoms. The minimum atomic E-state index is -2.93. The molecule has 1 aromatic heterocycles. The number of hydrogen-bond acceptors (Lipinski definition) is 6. The maximum absolute atomic E-state index is 12.5. The molecule has 0 radical (unpaired) electrons. The molecule has 2 heterocycles. The van der Waals surface area contributed by atoms with Crippen LogP contribution in [0.15, 0.2) is 28.8 Å². The van der Waals surface area contributed by atoms with E-state index in [2.05, 4.69) is 19.8 Å². The second-order valence-corrected chi connectivity index (χ2v) is 6.33. The van der Waals surface area contributed by atoms with Crippen LogP contribution in [-0.4, -0.2) is 77.8 Å². The van der Waals surface area contributed by atoms with Crippen LogP contribution in [0.3, 0.4) is 0 Å². The molecule has 10 heteroatoms. The van der Waals surface area contributed by atoms with Gasteiger partial charge in [0.25, 0.3) is 0 Å². The van der Waals surface area contributed by atoms with Crippen LogP contribution in [0.5, 0.6) is 5.75 Å². The summed E-state index contributed by atoms with van der Waals surface area (Å²) in [5, 5.41) is 3.88. The summed E-state index contributed by atoms with van der Waals surface area (Å²) in [4.78, 5) is 21.7. The molecule has 0 unspecified atom stereocenters. The summed E-state index contributed by atoms with van der Waals surface area (Å²) in [7, 11) is 3.45. The zero-order chi connectivity index (χ0) is 19.4. The Hall–Kier alpha value is -2.75. The van der Waals surface area contributed by atoms with Gasteiger partial charge in [0.15, 0.2) is 0 Å². The van der Waals surface area contributed by atoms with E-state index in [1.54, 1.807) is 42.1 Å². The van der Waals surface area contributed by atoms with Gasteiger partial charge in [-0.15, -0.1) is 0 Å². The molecule has 0 aliphatic carbocycles. The number of nitrogens with zero attached hydrogens (tertiary/aromatic N) is 5. The zero-order valence-electron chi connectivity index (χ0n) is 15.1. The highest BCUT2D eigenvalue weighted by molar-refractivity contribution is 5.73. The number of halogens is 2. The summed E-state index contributed by atoms with van der Waals surface area (Å²) in [5.74, 6) is 0.572. The number of amides is 2. The summed E-state index contributed by atoms with van der Waals surface area (Å²) in [5.41, 5.74) is 0.342. The van der Waals surface area contributed by atoms with E-state index < -0.39 is 6.61 Å². The van der Waals surface area contributed by atoms with Gasteiger partial charge in [-0.1, -0.05) is 17.3 Å². The topological polar surface area (TPSA) is 74.9 Å². The first-order valence-electron chi connectivity index (χ1n) is 8.49. The third-order valence-electron chi connectivity index (χ3n) is 4.20. The third kappa shape index (κ3) is 4.70. The van der Waals surface area contributed by atoms with Gasteiger partial charge in [0.05, 0.1) is 12.1 Å². The molecule has 1 saturated heterocycles. The van der Waals surface area contributed by atoms with E-state index in [0.29, 0.717) is 44.2 Å². The molecule has 1 fully saturated rings. The molecule has 0 N–H and O–H groups in total. The monoisotopic (exact) mass is 381 g/mol. The largest absolute Gasteiger partial charge is 0.434 e. The quantitative estimate of drug-likeness (QED) is 0.790. The summed E-state index contributed by atoms with van der Waals surface area (Å²) in [6.07, 6.45) is 0. The SMILES string of the molecule is CN(C)C(=O)N1CCN(Cc2nc(-c3ccccc3OC(F)F)no2)CC1. The van der Waals surface area contributed by atoms with Crippen LogP contribution in [0.2, 0.25) is 0 Å². The fourth-order valence-corrected chi connectivity index (χ4v) is 2.85. The van der Waals surface area contributed by atoms with Crippen molar-refractivity contribution in [2.75, 3.05) is 40.3 Å². The van der Waals surface area contributed by atoms with Gasteiger partial charge in [0.2, 0.25) is 11.7 Å². The van der Waals surface area contributed by atoms with Gasteiger partial charge in [-0.05, 0) is 12.1 Å². The molecule has 8 nitrogen and oxygen atoms in total. The number of para-hydroxylation sites is 1. The van der Waals surface area contributed by atoms with Crippen LogP contribution in [0, 0.1) is 0 Å². The number of urea groups is 1. The molecular weight excluding hydrogens is 360 g/mol. The van der Waals surface area contributed by atoms with Crippen molar-refractivity contribution < 1.29 is 22.8 Å². The molecule has 0 saturated carbocycles. The maximum Gasteiger partial charge on any atom is 0.387 e. The van der Waals surface area contributed by atoms with Crippen molar-refractivity contribution in [3.05, 3.63) is 30.2 Å². The van der Waals surface area contributed by atoms with Gasteiger partial charge in [-0.3, -0.25) is 4.90 Å². The first kappa shape index (κ1) is 19.0. The number of ether oxygens (including phenoxy) is 1. The number of aromatic nitrogens is 2. The molecule has 146 valence electrons. The van der Waals surface area contributed by atoms with Crippen LogP contribution >= 0.6 is 0 Å². The lowest BCUT2D eigenvalue weighted by Gasteiger charge is -2.35. The summed E-state index contributed by atoms with van der Waals surface area (Å²) in [6, 6.07) is 6.29. The van der Waals surface area contributed by atoms with Crippen LogP contribution in [-0.2, 0) is 6.54 Å². The Kier molecular flexibility index (Phi) is 5.84. The first-order chi connectivity index (χ1) is 12.9. The van der Waals surface area contributed by atoms with Gasteiger partial charge in [0, 0.05) is 40.3 Å². The van der Waals surface area contributed by atoms with Crippen molar-refractivity contribution >= 4 is 6.03 Å². The minimum absolute atomic E-state index is 0.00402. The Balaban J connectivity index is 1.62. The van der Waals surface area contributed by atoms with E-state index in [4.69, 9.17) is 4.52 Å². The fourth-order valence-electron chi connectivity index (χ4n) is 2.85. The lowest BCUT2D eigenvalue weighted by molar-refractivity contribution is -0.0494. The maximum atomic E-state index is 12.5. The highest BCUT2D eigenvalue weighted by atomic mass is 19.3. The Morgan fingerprint density at radius 2 is 1.96 bits per heavy atom. The average molecular weight is 381 g/mol. The first-order valence-corrected chi connectivity index (χ1v) is 8.49. The van der Waals surface area contributed by atoms with Crippen molar-refractivity contribution in [2.24, 2.45) is 0 Å². The normalized spacial score (nSPS) is 15.2. The molecule has 0 atom stereocenters. The lowest BCUT2D eigenvalue weighted by atomic mass is 10.2. The Morgan fingerprint density at radius 3 is 2.63 bits per heavy atom. The molecule has 1 aliphatic heterocycles. The van der Waals surface area contributed by atoms with E-state index in [-0.39, 0.29) is 17.6 Å². The van der Waals surface area contributed by atoms with Crippen LogP contribution in [0.25, 0.3) is 11.4 Å². The third-order valence-corrected chi connectivity index (χ3v) is 4.20. The zero-order valence-corrected chi connectivity index (χ0v) is 15.1. The summed E-state index contributed by atoms with van der Waals surface area (Å²) >= 11 is 0. The number of hydrogen-bond donors (Lipinski definition) is 0. The van der Waals surface area contributed by atoms with Crippen LogP contribution in [0.4, 0.5) is 13.6 Å². The van der Waals surface area contributed by atoms with Crippen molar-refractivity contribution in [3.8, 4) is 17.1 Å². The average Bonchev–Trinajstić information content (AvgIpc) is 3.10. The van der Waals surface area contributed by atoms with Crippen LogP contribution in [0.1, 0.15) is 5.89 Å². The Bertz CT molecular complexity index is 775. The molecule has 1 aromatic carbocycles. The minimum Gasteiger partial charge on any atom is -0.434 e. The predicted octanol–water partition coefficient (Wildman–Crippen LogP) is 2.14. The smallest absolute Gasteiger partial charge is 0.387 e. The molecule has 27 heavy (non-hydrogen) atoms. The number of piperazine rings is 1. The van der Waals surface area contributed by atoms with E-state index in [0.717, 1.165) is 0 Å². The Labute approximate surface area is 155 Å². The standard InChI is InChI=1S/C17H21F2N5O3/c1-22(2)17(25)24-9-7-23(8-10-24)11-14-20-15(21-27-14)12-5-3-4-6-13(12)26-16(18)19/h3-6,16H,7-11H2,1-2H3. The Morgan fingerprint density at radius 1 is 1.26 bits per heavy atom. The predicted molar refractivity (Wildman–Crippen MR) is 92.3 cm³/mol. The number of carbonyl (C=O) groups is 1. The highest BCUT2D eigenvalue weighted by Crippen LogP contribution is 2.29. The summed E-state index contributed by atoms with van der Waals surface area (Å²) < 4.78 is 34.9. The highest BCUT2D eigenvalue weighted by Gasteiger charge is 2.24. The molecule has 3 rings (SSSR count). The summed E-state index contributed by atoms with van der Waals surface area (Å²) in [6.45, 7) is 0.0878. The molecular formula is C17H21F2N5O3. The number of rotatable bonds is 5. The number of alkyl halides is 2. The number of carbonyl (C=O) groups excluding carboxylic acids is 1. The van der Waals surface area contributed by atoms with Gasteiger partial charge in [-0.25, -0.2) is 4.79 Å². The van der Waals surface area contributed by atoms with Crippen molar-refractivity contribution in [1.82, 2.24) is 24.8 Å². The van der Waals surface area contributed by atoms with E-state index in [1.807, 2.05) is 0 Å².